The van der Waals surface area contributed by atoms with Gasteiger partial charge in [0.05, 0.1) is 17.1 Å². The van der Waals surface area contributed by atoms with Gasteiger partial charge in [-0.1, -0.05) is 6.92 Å². The van der Waals surface area contributed by atoms with Crippen molar-refractivity contribution in [2.45, 2.75) is 38.3 Å². The largest absolute Gasteiger partial charge is 0.389 e. The molecular weight excluding hydrogens is 214 g/mol. The Morgan fingerprint density at radius 1 is 1.53 bits per heavy atom. The third-order valence-electron chi connectivity index (χ3n) is 3.18. The highest BCUT2D eigenvalue weighted by atomic mass is 32.2. The van der Waals surface area contributed by atoms with E-state index in [1.807, 2.05) is 18.9 Å². The van der Waals surface area contributed by atoms with Gasteiger partial charge in [0, 0.05) is 12.6 Å². The minimum atomic E-state index is -2.83. The third kappa shape index (κ3) is 3.74. The molecule has 90 valence electrons. The van der Waals surface area contributed by atoms with Crippen molar-refractivity contribution in [3.8, 4) is 0 Å². The highest BCUT2D eigenvalue weighted by molar-refractivity contribution is 7.91. The highest BCUT2D eigenvalue weighted by Gasteiger charge is 2.32. The molecule has 0 radical (unpaired) electrons. The van der Waals surface area contributed by atoms with Crippen LogP contribution in [0.4, 0.5) is 0 Å². The molecule has 0 bridgehead atoms. The van der Waals surface area contributed by atoms with E-state index >= 15 is 0 Å². The van der Waals surface area contributed by atoms with Crippen LogP contribution in [0.2, 0.25) is 0 Å². The summed E-state index contributed by atoms with van der Waals surface area (Å²) in [5, 5.41) is 9.89. The maximum atomic E-state index is 11.3. The Kier molecular flexibility index (Phi) is 3.79. The Balaban J connectivity index is 2.53. The van der Waals surface area contributed by atoms with Crippen molar-refractivity contribution in [1.29, 1.82) is 0 Å². The van der Waals surface area contributed by atoms with E-state index < -0.39 is 15.4 Å². The highest BCUT2D eigenvalue weighted by Crippen LogP contribution is 2.19. The van der Waals surface area contributed by atoms with Crippen molar-refractivity contribution in [3.63, 3.8) is 0 Å². The molecule has 5 heteroatoms. The predicted molar refractivity (Wildman–Crippen MR) is 60.6 cm³/mol. The van der Waals surface area contributed by atoms with Gasteiger partial charge in [0.2, 0.25) is 0 Å². The lowest BCUT2D eigenvalue weighted by molar-refractivity contribution is 0.0149. The average Bonchev–Trinajstić information content (AvgIpc) is 2.45. The predicted octanol–water partition coefficient (Wildman–Crippen LogP) is 0.266. The van der Waals surface area contributed by atoms with Gasteiger partial charge in [-0.3, -0.25) is 4.90 Å². The summed E-state index contributed by atoms with van der Waals surface area (Å²) in [4.78, 5) is 1.97. The minimum absolute atomic E-state index is 0.0769. The second-order valence-corrected chi connectivity index (χ2v) is 7.05. The molecule has 2 unspecified atom stereocenters. The Hall–Kier alpha value is -0.130. The van der Waals surface area contributed by atoms with Gasteiger partial charge in [-0.25, -0.2) is 8.42 Å². The molecule has 1 saturated heterocycles. The summed E-state index contributed by atoms with van der Waals surface area (Å²) in [5.41, 5.74) is -0.721. The first-order valence-corrected chi connectivity index (χ1v) is 7.21. The molecule has 0 aromatic rings. The van der Waals surface area contributed by atoms with Crippen molar-refractivity contribution < 1.29 is 13.5 Å². The first kappa shape index (κ1) is 12.9. The molecule has 1 aliphatic rings. The van der Waals surface area contributed by atoms with Crippen LogP contribution < -0.4 is 0 Å². The van der Waals surface area contributed by atoms with Gasteiger partial charge in [-0.15, -0.1) is 0 Å². The summed E-state index contributed by atoms with van der Waals surface area (Å²) in [5.74, 6) is 0.527. The molecule has 0 saturated carbocycles. The zero-order valence-corrected chi connectivity index (χ0v) is 10.5. The molecule has 2 atom stereocenters. The standard InChI is InChI=1S/C10H21NO3S/c1-4-10(2,12)8-11(3)9-5-6-15(13,14)7-9/h9,12H,4-8H2,1-3H3. The van der Waals surface area contributed by atoms with Gasteiger partial charge < -0.3 is 5.11 Å². The maximum Gasteiger partial charge on any atom is 0.151 e. The molecule has 1 N–H and O–H groups in total. The summed E-state index contributed by atoms with van der Waals surface area (Å²) in [7, 11) is -0.942. The smallest absolute Gasteiger partial charge is 0.151 e. The minimum Gasteiger partial charge on any atom is -0.389 e. The normalized spacial score (nSPS) is 29.3. The fourth-order valence-corrected chi connectivity index (χ4v) is 3.71. The van der Waals surface area contributed by atoms with E-state index in [9.17, 15) is 13.5 Å². The van der Waals surface area contributed by atoms with Crippen molar-refractivity contribution in [1.82, 2.24) is 4.90 Å². The second-order valence-electron chi connectivity index (χ2n) is 4.82. The van der Waals surface area contributed by atoms with E-state index in [1.165, 1.54) is 0 Å². The summed E-state index contributed by atoms with van der Waals surface area (Å²) in [6.07, 6.45) is 1.37. The fraction of sp³-hybridized carbons (Fsp3) is 1.00. The van der Waals surface area contributed by atoms with Gasteiger partial charge in [-0.2, -0.15) is 0 Å². The molecule has 0 aromatic heterocycles. The molecule has 1 fully saturated rings. The average molecular weight is 235 g/mol. The van der Waals surface area contributed by atoms with Crippen LogP contribution in [-0.2, 0) is 9.84 Å². The summed E-state index contributed by atoms with van der Waals surface area (Å²) in [6.45, 7) is 4.25. The van der Waals surface area contributed by atoms with Crippen LogP contribution in [0.3, 0.4) is 0 Å². The Bertz CT molecular complexity index is 311. The lowest BCUT2D eigenvalue weighted by atomic mass is 10.0. The number of hydrogen-bond donors (Lipinski definition) is 1. The van der Waals surface area contributed by atoms with Crippen LogP contribution in [0.1, 0.15) is 26.7 Å². The Morgan fingerprint density at radius 2 is 2.13 bits per heavy atom. The number of aliphatic hydroxyl groups is 1. The van der Waals surface area contributed by atoms with E-state index in [0.717, 1.165) is 0 Å². The van der Waals surface area contributed by atoms with E-state index in [-0.39, 0.29) is 17.5 Å². The van der Waals surface area contributed by atoms with E-state index in [1.54, 1.807) is 6.92 Å². The molecule has 1 heterocycles. The quantitative estimate of drug-likeness (QED) is 0.760. The van der Waals surface area contributed by atoms with Gasteiger partial charge in [0.25, 0.3) is 0 Å². The zero-order valence-electron chi connectivity index (χ0n) is 9.73. The molecule has 0 aliphatic carbocycles. The molecule has 15 heavy (non-hydrogen) atoms. The molecule has 4 nitrogen and oxygen atoms in total. The van der Waals surface area contributed by atoms with Crippen molar-refractivity contribution in [2.75, 3.05) is 25.1 Å². The molecule has 1 aliphatic heterocycles. The van der Waals surface area contributed by atoms with Gasteiger partial charge in [0.1, 0.15) is 0 Å². The number of sulfone groups is 1. The number of rotatable bonds is 4. The van der Waals surface area contributed by atoms with Crippen molar-refractivity contribution >= 4 is 9.84 Å². The van der Waals surface area contributed by atoms with Crippen LogP contribution in [-0.4, -0.2) is 55.2 Å². The first-order chi connectivity index (χ1) is 6.76. The second kappa shape index (κ2) is 4.39. The molecule has 1 rings (SSSR count). The van der Waals surface area contributed by atoms with E-state index in [4.69, 9.17) is 0 Å². The lowest BCUT2D eigenvalue weighted by Crippen LogP contribution is -2.43. The van der Waals surface area contributed by atoms with Gasteiger partial charge in [0.15, 0.2) is 9.84 Å². The molecule has 0 aromatic carbocycles. The van der Waals surface area contributed by atoms with E-state index in [0.29, 0.717) is 19.4 Å². The topological polar surface area (TPSA) is 57.6 Å². The van der Waals surface area contributed by atoms with Gasteiger partial charge in [-0.05, 0) is 26.8 Å². The van der Waals surface area contributed by atoms with Crippen LogP contribution in [0, 0.1) is 0 Å². The lowest BCUT2D eigenvalue weighted by Gasteiger charge is -2.31. The Morgan fingerprint density at radius 3 is 2.53 bits per heavy atom. The van der Waals surface area contributed by atoms with Crippen LogP contribution >= 0.6 is 0 Å². The summed E-state index contributed by atoms with van der Waals surface area (Å²) >= 11 is 0. The third-order valence-corrected chi connectivity index (χ3v) is 4.93. The van der Waals surface area contributed by atoms with E-state index in [2.05, 4.69) is 0 Å². The summed E-state index contributed by atoms with van der Waals surface area (Å²) < 4.78 is 22.6. The van der Waals surface area contributed by atoms with Crippen molar-refractivity contribution in [2.24, 2.45) is 0 Å². The number of hydrogen-bond acceptors (Lipinski definition) is 4. The van der Waals surface area contributed by atoms with Gasteiger partial charge >= 0.3 is 0 Å². The molecule has 0 amide bonds. The summed E-state index contributed by atoms with van der Waals surface area (Å²) in [6, 6.07) is 0.0769. The van der Waals surface area contributed by atoms with Crippen molar-refractivity contribution in [3.05, 3.63) is 0 Å². The number of likely N-dealkylation sites (N-methyl/N-ethyl adjacent to an activating group) is 1. The zero-order chi connectivity index (χ0) is 11.7. The first-order valence-electron chi connectivity index (χ1n) is 5.39. The SMILES string of the molecule is CCC(C)(O)CN(C)C1CCS(=O)(=O)C1. The molecule has 0 spiro atoms. The fourth-order valence-electron chi connectivity index (χ4n) is 1.90. The maximum absolute atomic E-state index is 11.3. The van der Waals surface area contributed by atoms with Crippen LogP contribution in [0.15, 0.2) is 0 Å². The van der Waals surface area contributed by atoms with Crippen LogP contribution in [0.5, 0.6) is 0 Å². The Labute approximate surface area is 92.2 Å². The number of nitrogens with zero attached hydrogens (tertiary/aromatic N) is 1. The molecular formula is C10H21NO3S. The van der Waals surface area contributed by atoms with Crippen LogP contribution in [0.25, 0.3) is 0 Å². The monoisotopic (exact) mass is 235 g/mol.